The van der Waals surface area contributed by atoms with Crippen LogP contribution < -0.4 is 5.73 Å². The Bertz CT molecular complexity index is 182. The van der Waals surface area contributed by atoms with E-state index in [0.717, 1.165) is 13.0 Å². The van der Waals surface area contributed by atoms with Gasteiger partial charge in [-0.15, -0.1) is 0 Å². The van der Waals surface area contributed by atoms with E-state index in [2.05, 4.69) is 6.92 Å². The van der Waals surface area contributed by atoms with E-state index in [4.69, 9.17) is 5.73 Å². The molecule has 1 saturated heterocycles. The second-order valence-corrected chi connectivity index (χ2v) is 3.86. The van der Waals surface area contributed by atoms with Crippen LogP contribution in [0.2, 0.25) is 0 Å². The first-order valence-corrected chi connectivity index (χ1v) is 5.20. The van der Waals surface area contributed by atoms with Crippen LogP contribution in [0.15, 0.2) is 0 Å². The highest BCUT2D eigenvalue weighted by atomic mass is 16.2. The van der Waals surface area contributed by atoms with E-state index in [0.29, 0.717) is 18.9 Å². The Morgan fingerprint density at radius 3 is 2.85 bits per heavy atom. The molecule has 0 bridgehead atoms. The van der Waals surface area contributed by atoms with Gasteiger partial charge in [-0.2, -0.15) is 0 Å². The van der Waals surface area contributed by atoms with Crippen molar-refractivity contribution in [3.63, 3.8) is 0 Å². The van der Waals surface area contributed by atoms with Crippen LogP contribution >= 0.6 is 0 Å². The van der Waals surface area contributed by atoms with E-state index in [1.54, 1.807) is 0 Å². The summed E-state index contributed by atoms with van der Waals surface area (Å²) in [5.74, 6) is 0.816. The monoisotopic (exact) mass is 184 g/mol. The third kappa shape index (κ3) is 2.21. The van der Waals surface area contributed by atoms with Gasteiger partial charge in [0.1, 0.15) is 0 Å². The number of hydrogen-bond acceptors (Lipinski definition) is 2. The number of piperidine rings is 1. The van der Waals surface area contributed by atoms with Crippen molar-refractivity contribution in [2.24, 2.45) is 11.7 Å². The first-order valence-electron chi connectivity index (χ1n) is 5.20. The summed E-state index contributed by atoms with van der Waals surface area (Å²) in [6, 6.07) is 0.279. The van der Waals surface area contributed by atoms with E-state index in [-0.39, 0.29) is 11.9 Å². The molecular formula is C10H20N2O. The molecule has 3 heteroatoms. The molecular weight excluding hydrogens is 164 g/mol. The maximum Gasteiger partial charge on any atom is 0.222 e. The van der Waals surface area contributed by atoms with Crippen molar-refractivity contribution in [3.8, 4) is 0 Å². The number of likely N-dealkylation sites (tertiary alicyclic amines) is 1. The van der Waals surface area contributed by atoms with Crippen molar-refractivity contribution in [1.82, 2.24) is 4.90 Å². The van der Waals surface area contributed by atoms with Gasteiger partial charge in [-0.1, -0.05) is 13.8 Å². The molecule has 2 unspecified atom stereocenters. The molecule has 2 atom stereocenters. The Kier molecular flexibility index (Phi) is 3.72. The predicted octanol–water partition coefficient (Wildman–Crippen LogP) is 0.982. The molecule has 1 fully saturated rings. The lowest BCUT2D eigenvalue weighted by Gasteiger charge is -2.39. The summed E-state index contributed by atoms with van der Waals surface area (Å²) < 4.78 is 0. The van der Waals surface area contributed by atoms with Crippen molar-refractivity contribution in [1.29, 1.82) is 0 Å². The molecule has 13 heavy (non-hydrogen) atoms. The smallest absolute Gasteiger partial charge is 0.222 e. The zero-order valence-electron chi connectivity index (χ0n) is 8.62. The topological polar surface area (TPSA) is 46.3 Å². The Morgan fingerprint density at radius 1 is 1.62 bits per heavy atom. The second kappa shape index (κ2) is 4.61. The number of nitrogens with two attached hydrogens (primary N) is 1. The minimum Gasteiger partial charge on any atom is -0.338 e. The molecule has 0 radical (unpaired) electrons. The van der Waals surface area contributed by atoms with Gasteiger partial charge in [0.25, 0.3) is 0 Å². The van der Waals surface area contributed by atoms with Crippen molar-refractivity contribution in [3.05, 3.63) is 0 Å². The molecule has 0 aliphatic carbocycles. The molecule has 1 aliphatic rings. The van der Waals surface area contributed by atoms with E-state index < -0.39 is 0 Å². The second-order valence-electron chi connectivity index (χ2n) is 3.86. The van der Waals surface area contributed by atoms with Crippen LogP contribution in [-0.2, 0) is 4.79 Å². The Balaban J connectivity index is 2.64. The molecule has 1 aliphatic heterocycles. The van der Waals surface area contributed by atoms with Gasteiger partial charge in [0, 0.05) is 25.6 Å². The SMILES string of the molecule is CCC(=O)N1CCCC(C)C1CN. The summed E-state index contributed by atoms with van der Waals surface area (Å²) in [5.41, 5.74) is 5.68. The average molecular weight is 184 g/mol. The maximum absolute atomic E-state index is 11.6. The first kappa shape index (κ1) is 10.5. The summed E-state index contributed by atoms with van der Waals surface area (Å²) in [6.45, 7) is 5.60. The molecule has 0 spiro atoms. The lowest BCUT2D eigenvalue weighted by atomic mass is 9.90. The van der Waals surface area contributed by atoms with Crippen LogP contribution in [0, 0.1) is 5.92 Å². The number of carbonyl (C=O) groups is 1. The number of carbonyl (C=O) groups excluding carboxylic acids is 1. The number of hydrogen-bond donors (Lipinski definition) is 1. The molecule has 0 aromatic heterocycles. The quantitative estimate of drug-likeness (QED) is 0.695. The highest BCUT2D eigenvalue weighted by Gasteiger charge is 2.29. The molecule has 2 N–H and O–H groups in total. The lowest BCUT2D eigenvalue weighted by Crippen LogP contribution is -2.51. The summed E-state index contributed by atoms with van der Waals surface area (Å²) in [5, 5.41) is 0. The standard InChI is InChI=1S/C10H20N2O/c1-3-10(13)12-6-4-5-8(2)9(12)7-11/h8-9H,3-7,11H2,1-2H3. The third-order valence-corrected chi connectivity index (χ3v) is 2.98. The normalized spacial score (nSPS) is 29.0. The fraction of sp³-hybridized carbons (Fsp3) is 0.900. The van der Waals surface area contributed by atoms with Crippen molar-refractivity contribution < 1.29 is 4.79 Å². The minimum atomic E-state index is 0.252. The molecule has 0 saturated carbocycles. The summed E-state index contributed by atoms with van der Waals surface area (Å²) in [7, 11) is 0. The molecule has 3 nitrogen and oxygen atoms in total. The number of rotatable bonds is 2. The van der Waals surface area contributed by atoms with E-state index in [9.17, 15) is 4.79 Å². The summed E-state index contributed by atoms with van der Waals surface area (Å²) >= 11 is 0. The van der Waals surface area contributed by atoms with E-state index in [1.807, 2.05) is 11.8 Å². The van der Waals surface area contributed by atoms with Crippen molar-refractivity contribution in [2.45, 2.75) is 39.2 Å². The van der Waals surface area contributed by atoms with Crippen LogP contribution in [0.4, 0.5) is 0 Å². The van der Waals surface area contributed by atoms with Gasteiger partial charge < -0.3 is 10.6 Å². The van der Waals surface area contributed by atoms with Crippen LogP contribution in [0.5, 0.6) is 0 Å². The molecule has 0 aromatic rings. The molecule has 1 rings (SSSR count). The molecule has 1 amide bonds. The largest absolute Gasteiger partial charge is 0.338 e. The van der Waals surface area contributed by atoms with E-state index >= 15 is 0 Å². The molecule has 1 heterocycles. The van der Waals surface area contributed by atoms with Crippen molar-refractivity contribution >= 4 is 5.91 Å². The Labute approximate surface area is 80.3 Å². The van der Waals surface area contributed by atoms with Gasteiger partial charge in [0.05, 0.1) is 0 Å². The van der Waals surface area contributed by atoms with Crippen molar-refractivity contribution in [2.75, 3.05) is 13.1 Å². The van der Waals surface area contributed by atoms with Gasteiger partial charge in [-0.25, -0.2) is 0 Å². The fourth-order valence-corrected chi connectivity index (χ4v) is 2.12. The summed E-state index contributed by atoms with van der Waals surface area (Å²) in [4.78, 5) is 13.5. The highest BCUT2D eigenvalue weighted by molar-refractivity contribution is 5.76. The fourth-order valence-electron chi connectivity index (χ4n) is 2.12. The molecule has 76 valence electrons. The Hall–Kier alpha value is -0.570. The van der Waals surface area contributed by atoms with Gasteiger partial charge >= 0.3 is 0 Å². The van der Waals surface area contributed by atoms with Gasteiger partial charge in [-0.3, -0.25) is 4.79 Å². The summed E-state index contributed by atoms with van der Waals surface area (Å²) in [6.07, 6.45) is 2.93. The lowest BCUT2D eigenvalue weighted by molar-refractivity contribution is -0.135. The third-order valence-electron chi connectivity index (χ3n) is 2.98. The van der Waals surface area contributed by atoms with Crippen LogP contribution in [0.3, 0.4) is 0 Å². The molecule has 0 aromatic carbocycles. The maximum atomic E-state index is 11.6. The first-order chi connectivity index (χ1) is 6.20. The van der Waals surface area contributed by atoms with Crippen LogP contribution in [0.25, 0.3) is 0 Å². The zero-order chi connectivity index (χ0) is 9.84. The van der Waals surface area contributed by atoms with Crippen LogP contribution in [0.1, 0.15) is 33.1 Å². The average Bonchev–Trinajstić information content (AvgIpc) is 2.16. The predicted molar refractivity (Wildman–Crippen MR) is 53.2 cm³/mol. The highest BCUT2D eigenvalue weighted by Crippen LogP contribution is 2.22. The number of amides is 1. The minimum absolute atomic E-state index is 0.252. The Morgan fingerprint density at radius 2 is 2.31 bits per heavy atom. The number of nitrogens with zero attached hydrogens (tertiary/aromatic N) is 1. The zero-order valence-corrected chi connectivity index (χ0v) is 8.62. The van der Waals surface area contributed by atoms with Gasteiger partial charge in [0.2, 0.25) is 5.91 Å². The van der Waals surface area contributed by atoms with Gasteiger partial charge in [-0.05, 0) is 18.8 Å². The van der Waals surface area contributed by atoms with Gasteiger partial charge in [0.15, 0.2) is 0 Å². The van der Waals surface area contributed by atoms with Crippen LogP contribution in [-0.4, -0.2) is 29.9 Å². The van der Waals surface area contributed by atoms with E-state index in [1.165, 1.54) is 6.42 Å².